The van der Waals surface area contributed by atoms with Gasteiger partial charge in [-0.2, -0.15) is 0 Å². The van der Waals surface area contributed by atoms with Gasteiger partial charge in [0, 0.05) is 32.7 Å². The van der Waals surface area contributed by atoms with Crippen LogP contribution in [0, 0.1) is 13.8 Å². The Morgan fingerprint density at radius 2 is 1.70 bits per heavy atom. The number of hydrogen-bond donors (Lipinski definition) is 3. The van der Waals surface area contributed by atoms with E-state index in [0.717, 1.165) is 30.2 Å². The Morgan fingerprint density at radius 3 is 2.33 bits per heavy atom. The van der Waals surface area contributed by atoms with Crippen molar-refractivity contribution in [1.82, 2.24) is 10.6 Å². The lowest BCUT2D eigenvalue weighted by atomic mass is 10.1. The maximum atomic E-state index is 11.2. The minimum Gasteiger partial charge on any atom is -0.356 e. The number of carbonyl (C=O) groups excluding carboxylic acids is 1. The van der Waals surface area contributed by atoms with Crippen LogP contribution in [0.2, 0.25) is 0 Å². The number of anilines is 1. The SMILES string of the molecule is CN=C(NCCc1cc(C)cc(C)c1)NCc1cccc(NC(C)=O)c1.I. The van der Waals surface area contributed by atoms with Crippen molar-refractivity contribution in [2.75, 3.05) is 18.9 Å². The molecule has 0 aliphatic rings. The summed E-state index contributed by atoms with van der Waals surface area (Å²) in [5.74, 6) is 0.693. The summed E-state index contributed by atoms with van der Waals surface area (Å²) in [7, 11) is 1.76. The fourth-order valence-electron chi connectivity index (χ4n) is 2.91. The fraction of sp³-hybridized carbons (Fsp3) is 0.333. The highest BCUT2D eigenvalue weighted by molar-refractivity contribution is 14.0. The Morgan fingerprint density at radius 1 is 1.00 bits per heavy atom. The zero-order chi connectivity index (χ0) is 18.9. The summed E-state index contributed by atoms with van der Waals surface area (Å²) in [6, 6.07) is 14.4. The molecule has 0 aliphatic heterocycles. The molecule has 2 aromatic rings. The summed E-state index contributed by atoms with van der Waals surface area (Å²) in [5.41, 5.74) is 5.79. The molecule has 1 amide bonds. The van der Waals surface area contributed by atoms with E-state index in [1.165, 1.54) is 23.6 Å². The number of aryl methyl sites for hydroxylation is 2. The van der Waals surface area contributed by atoms with E-state index in [-0.39, 0.29) is 29.9 Å². The lowest BCUT2D eigenvalue weighted by molar-refractivity contribution is -0.114. The Labute approximate surface area is 179 Å². The Bertz CT molecular complexity index is 769. The van der Waals surface area contributed by atoms with E-state index < -0.39 is 0 Å². The Kier molecular flexibility index (Phi) is 9.85. The number of guanidine groups is 1. The molecular formula is C21H29IN4O. The largest absolute Gasteiger partial charge is 0.356 e. The van der Waals surface area contributed by atoms with E-state index in [9.17, 15) is 4.79 Å². The highest BCUT2D eigenvalue weighted by atomic mass is 127. The number of nitrogens with one attached hydrogen (secondary N) is 3. The van der Waals surface area contributed by atoms with Gasteiger partial charge in [0.1, 0.15) is 0 Å². The summed E-state index contributed by atoms with van der Waals surface area (Å²) in [6.45, 7) is 7.20. The molecule has 0 saturated carbocycles. The first-order chi connectivity index (χ1) is 12.5. The van der Waals surface area contributed by atoms with Gasteiger partial charge >= 0.3 is 0 Å². The minimum atomic E-state index is -0.0704. The maximum Gasteiger partial charge on any atom is 0.221 e. The van der Waals surface area contributed by atoms with Crippen LogP contribution in [0.3, 0.4) is 0 Å². The summed E-state index contributed by atoms with van der Waals surface area (Å²) in [4.78, 5) is 15.4. The van der Waals surface area contributed by atoms with E-state index in [4.69, 9.17) is 0 Å². The van der Waals surface area contributed by atoms with Gasteiger partial charge in [-0.25, -0.2) is 0 Å². The van der Waals surface area contributed by atoms with E-state index in [1.54, 1.807) is 7.05 Å². The van der Waals surface area contributed by atoms with E-state index in [0.29, 0.717) is 6.54 Å². The van der Waals surface area contributed by atoms with Crippen LogP contribution in [0.25, 0.3) is 0 Å². The molecule has 0 unspecified atom stereocenters. The molecule has 5 nitrogen and oxygen atoms in total. The van der Waals surface area contributed by atoms with Crippen LogP contribution in [-0.2, 0) is 17.8 Å². The van der Waals surface area contributed by atoms with E-state index >= 15 is 0 Å². The van der Waals surface area contributed by atoms with Crippen LogP contribution in [0.1, 0.15) is 29.2 Å². The van der Waals surface area contributed by atoms with Gasteiger partial charge in [0.25, 0.3) is 0 Å². The lowest BCUT2D eigenvalue weighted by Crippen LogP contribution is -2.37. The zero-order valence-corrected chi connectivity index (χ0v) is 18.8. The van der Waals surface area contributed by atoms with Gasteiger partial charge in [0.05, 0.1) is 0 Å². The van der Waals surface area contributed by atoms with Gasteiger partial charge in [-0.05, 0) is 43.5 Å². The maximum absolute atomic E-state index is 11.2. The summed E-state index contributed by atoms with van der Waals surface area (Å²) < 4.78 is 0. The lowest BCUT2D eigenvalue weighted by Gasteiger charge is -2.13. The molecule has 2 aromatic carbocycles. The smallest absolute Gasteiger partial charge is 0.221 e. The molecule has 0 aliphatic carbocycles. The second-order valence-corrected chi connectivity index (χ2v) is 6.48. The Balaban J connectivity index is 0.00000364. The van der Waals surface area contributed by atoms with Gasteiger partial charge in [-0.15, -0.1) is 24.0 Å². The minimum absolute atomic E-state index is 0. The van der Waals surface area contributed by atoms with Crippen molar-refractivity contribution in [3.63, 3.8) is 0 Å². The Hall–Kier alpha value is -2.09. The van der Waals surface area contributed by atoms with Gasteiger partial charge in [-0.1, -0.05) is 41.5 Å². The second-order valence-electron chi connectivity index (χ2n) is 6.48. The van der Waals surface area contributed by atoms with Crippen molar-refractivity contribution < 1.29 is 4.79 Å². The van der Waals surface area contributed by atoms with Crippen LogP contribution in [0.4, 0.5) is 5.69 Å². The summed E-state index contributed by atoms with van der Waals surface area (Å²) in [5, 5.41) is 9.44. The summed E-state index contributed by atoms with van der Waals surface area (Å²) >= 11 is 0. The zero-order valence-electron chi connectivity index (χ0n) is 16.4. The molecule has 3 N–H and O–H groups in total. The molecule has 27 heavy (non-hydrogen) atoms. The molecule has 0 spiro atoms. The molecule has 0 heterocycles. The average Bonchev–Trinajstić information content (AvgIpc) is 2.57. The van der Waals surface area contributed by atoms with Crippen molar-refractivity contribution in [2.45, 2.75) is 33.7 Å². The third kappa shape index (κ3) is 8.43. The van der Waals surface area contributed by atoms with Gasteiger partial charge < -0.3 is 16.0 Å². The monoisotopic (exact) mass is 480 g/mol. The number of aliphatic imine (C=N–C) groups is 1. The van der Waals surface area contributed by atoms with Crippen molar-refractivity contribution in [3.05, 3.63) is 64.7 Å². The van der Waals surface area contributed by atoms with Crippen molar-refractivity contribution in [2.24, 2.45) is 4.99 Å². The normalized spacial score (nSPS) is 10.7. The van der Waals surface area contributed by atoms with Crippen molar-refractivity contribution >= 4 is 41.5 Å². The van der Waals surface area contributed by atoms with E-state index in [1.807, 2.05) is 24.3 Å². The molecule has 0 fully saturated rings. The number of benzene rings is 2. The summed E-state index contributed by atoms with van der Waals surface area (Å²) in [6.07, 6.45) is 0.946. The first-order valence-electron chi connectivity index (χ1n) is 8.84. The fourth-order valence-corrected chi connectivity index (χ4v) is 2.91. The molecular weight excluding hydrogens is 451 g/mol. The predicted octanol–water partition coefficient (Wildman–Crippen LogP) is 3.79. The molecule has 146 valence electrons. The second kappa shape index (κ2) is 11.6. The highest BCUT2D eigenvalue weighted by Gasteiger charge is 2.02. The first kappa shape index (κ1) is 23.0. The van der Waals surface area contributed by atoms with Gasteiger partial charge in [-0.3, -0.25) is 9.79 Å². The number of hydrogen-bond acceptors (Lipinski definition) is 2. The standard InChI is InChI=1S/C21H28N4O.HI/c1-15-10-16(2)12-18(11-15)8-9-23-21(22-4)24-14-19-6-5-7-20(13-19)25-17(3)26;/h5-7,10-13H,8-9,14H2,1-4H3,(H,25,26)(H2,22,23,24);1H. The molecule has 0 atom stereocenters. The number of carbonyl (C=O) groups is 1. The molecule has 0 saturated heterocycles. The third-order valence-corrected chi connectivity index (χ3v) is 3.92. The average molecular weight is 480 g/mol. The quantitative estimate of drug-likeness (QED) is 0.335. The number of amides is 1. The van der Waals surface area contributed by atoms with Gasteiger partial charge in [0.15, 0.2) is 5.96 Å². The first-order valence-corrected chi connectivity index (χ1v) is 8.84. The molecule has 0 radical (unpaired) electrons. The predicted molar refractivity (Wildman–Crippen MR) is 124 cm³/mol. The number of rotatable bonds is 6. The van der Waals surface area contributed by atoms with Crippen LogP contribution in [0.5, 0.6) is 0 Å². The molecule has 6 heteroatoms. The highest BCUT2D eigenvalue weighted by Crippen LogP contribution is 2.11. The van der Waals surface area contributed by atoms with Crippen molar-refractivity contribution in [1.29, 1.82) is 0 Å². The van der Waals surface area contributed by atoms with Gasteiger partial charge in [0.2, 0.25) is 5.91 Å². The van der Waals surface area contributed by atoms with E-state index in [2.05, 4.69) is 53.0 Å². The van der Waals surface area contributed by atoms with Crippen molar-refractivity contribution in [3.8, 4) is 0 Å². The molecule has 0 bridgehead atoms. The molecule has 0 aromatic heterocycles. The molecule has 2 rings (SSSR count). The number of nitrogens with zero attached hydrogens (tertiary/aromatic N) is 1. The van der Waals surface area contributed by atoms with Crippen LogP contribution < -0.4 is 16.0 Å². The van der Waals surface area contributed by atoms with Crippen LogP contribution >= 0.6 is 24.0 Å². The van der Waals surface area contributed by atoms with Crippen LogP contribution in [-0.4, -0.2) is 25.5 Å². The third-order valence-electron chi connectivity index (χ3n) is 3.92. The topological polar surface area (TPSA) is 65.5 Å². The van der Waals surface area contributed by atoms with Crippen LogP contribution in [0.15, 0.2) is 47.5 Å². The number of halogens is 1.